The zero-order valence-electron chi connectivity index (χ0n) is 17.4. The van der Waals surface area contributed by atoms with Gasteiger partial charge in [-0.05, 0) is 51.0 Å². The summed E-state index contributed by atoms with van der Waals surface area (Å²) in [4.78, 5) is 30.6. The normalized spacial score (nSPS) is 11.8. The number of aryl methyl sites for hydroxylation is 4. The van der Waals surface area contributed by atoms with Crippen LogP contribution in [0.2, 0.25) is 0 Å². The Balaban J connectivity index is 2.03. The van der Waals surface area contributed by atoms with Gasteiger partial charge in [0.25, 0.3) is 5.56 Å². The summed E-state index contributed by atoms with van der Waals surface area (Å²) in [5.74, 6) is 0.608. The van der Waals surface area contributed by atoms with Gasteiger partial charge in [0.1, 0.15) is 0 Å². The highest BCUT2D eigenvalue weighted by atomic mass is 16.5. The van der Waals surface area contributed by atoms with E-state index in [0.29, 0.717) is 30.2 Å². The molecule has 0 amide bonds. The molecular formula is C21H25N5O3. The van der Waals surface area contributed by atoms with Crippen molar-refractivity contribution in [1.29, 1.82) is 0 Å². The van der Waals surface area contributed by atoms with Gasteiger partial charge < -0.3 is 4.74 Å². The number of fused-ring (bicyclic) bond motifs is 3. The average Bonchev–Trinajstić information content (AvgIpc) is 3.16. The van der Waals surface area contributed by atoms with Gasteiger partial charge in [-0.3, -0.25) is 22.9 Å². The van der Waals surface area contributed by atoms with Crippen LogP contribution in [0.1, 0.15) is 23.7 Å². The van der Waals surface area contributed by atoms with Crippen molar-refractivity contribution < 1.29 is 4.74 Å². The van der Waals surface area contributed by atoms with Crippen LogP contribution < -0.4 is 11.2 Å². The summed E-state index contributed by atoms with van der Waals surface area (Å²) in [5, 5.41) is 0. The lowest BCUT2D eigenvalue weighted by Gasteiger charge is -2.08. The summed E-state index contributed by atoms with van der Waals surface area (Å²) in [6.45, 7) is 9.01. The zero-order chi connectivity index (χ0) is 20.9. The van der Waals surface area contributed by atoms with Crippen LogP contribution in [-0.2, 0) is 18.3 Å². The molecule has 0 N–H and O–H groups in total. The summed E-state index contributed by atoms with van der Waals surface area (Å²) in [7, 11) is 1.64. The molecule has 1 aromatic carbocycles. The van der Waals surface area contributed by atoms with Crippen LogP contribution in [0.5, 0.6) is 0 Å². The molecule has 0 spiro atoms. The molecule has 0 aliphatic heterocycles. The lowest BCUT2D eigenvalue weighted by molar-refractivity contribution is 0.137. The molecule has 0 saturated carbocycles. The molecule has 0 bridgehead atoms. The highest BCUT2D eigenvalue weighted by molar-refractivity contribution is 5.76. The second kappa shape index (κ2) is 7.04. The Kier molecular flexibility index (Phi) is 4.66. The summed E-state index contributed by atoms with van der Waals surface area (Å²) in [6.07, 6.45) is 1.89. The van der Waals surface area contributed by atoms with Gasteiger partial charge in [0.2, 0.25) is 5.78 Å². The van der Waals surface area contributed by atoms with Crippen LogP contribution in [0.25, 0.3) is 22.6 Å². The van der Waals surface area contributed by atoms with Gasteiger partial charge in [-0.1, -0.05) is 6.07 Å². The van der Waals surface area contributed by atoms with Crippen LogP contribution in [0, 0.1) is 20.8 Å². The fraction of sp³-hybridized carbons (Fsp3) is 0.381. The molecule has 3 aromatic heterocycles. The number of hydrogen-bond donors (Lipinski definition) is 0. The lowest BCUT2D eigenvalue weighted by Crippen LogP contribution is -2.40. The molecule has 8 heteroatoms. The first-order valence-corrected chi connectivity index (χ1v) is 9.69. The number of nitrogens with zero attached hydrogens (tertiary/aromatic N) is 5. The standard InChI is InChI=1S/C21H25N5O3/c1-6-29-8-7-24-19(27)17-18(23(5)21(24)28)22-20-25(17)12-15(4)26(20)16-10-13(2)9-14(3)11-16/h9-12H,6-8H2,1-5H3. The third-order valence-electron chi connectivity index (χ3n) is 5.15. The van der Waals surface area contributed by atoms with Crippen molar-refractivity contribution in [3.05, 3.63) is 62.1 Å². The van der Waals surface area contributed by atoms with Crippen LogP contribution in [0.4, 0.5) is 0 Å². The van der Waals surface area contributed by atoms with Gasteiger partial charge >= 0.3 is 5.69 Å². The topological polar surface area (TPSA) is 75.5 Å². The van der Waals surface area contributed by atoms with E-state index in [1.54, 1.807) is 11.4 Å². The highest BCUT2D eigenvalue weighted by Gasteiger charge is 2.20. The maximum Gasteiger partial charge on any atom is 0.332 e. The summed E-state index contributed by atoms with van der Waals surface area (Å²) >= 11 is 0. The fourth-order valence-electron chi connectivity index (χ4n) is 3.91. The van der Waals surface area contributed by atoms with E-state index in [-0.39, 0.29) is 12.1 Å². The number of aromatic nitrogens is 5. The van der Waals surface area contributed by atoms with Crippen molar-refractivity contribution in [2.24, 2.45) is 7.05 Å². The molecule has 29 heavy (non-hydrogen) atoms. The number of rotatable bonds is 5. The number of benzene rings is 1. The Morgan fingerprint density at radius 1 is 1.07 bits per heavy atom. The van der Waals surface area contributed by atoms with Gasteiger partial charge in [0.15, 0.2) is 11.2 Å². The van der Waals surface area contributed by atoms with Crippen LogP contribution in [-0.4, -0.2) is 36.3 Å². The van der Waals surface area contributed by atoms with Gasteiger partial charge in [0, 0.05) is 31.2 Å². The Morgan fingerprint density at radius 2 is 1.76 bits per heavy atom. The number of ether oxygens (including phenoxy) is 1. The van der Waals surface area contributed by atoms with Gasteiger partial charge in [-0.25, -0.2) is 4.79 Å². The minimum atomic E-state index is -0.391. The molecule has 152 valence electrons. The van der Waals surface area contributed by atoms with Gasteiger partial charge in [-0.2, -0.15) is 4.98 Å². The minimum absolute atomic E-state index is 0.208. The van der Waals surface area contributed by atoms with Crippen LogP contribution in [0.3, 0.4) is 0 Å². The second-order valence-electron chi connectivity index (χ2n) is 7.40. The van der Waals surface area contributed by atoms with E-state index in [1.165, 1.54) is 9.13 Å². The lowest BCUT2D eigenvalue weighted by atomic mass is 10.1. The minimum Gasteiger partial charge on any atom is -0.380 e. The second-order valence-corrected chi connectivity index (χ2v) is 7.40. The van der Waals surface area contributed by atoms with E-state index in [2.05, 4.69) is 37.0 Å². The predicted molar refractivity (Wildman–Crippen MR) is 112 cm³/mol. The van der Waals surface area contributed by atoms with E-state index in [1.807, 2.05) is 24.6 Å². The third kappa shape index (κ3) is 3.00. The Hall–Kier alpha value is -3.13. The molecule has 0 unspecified atom stereocenters. The van der Waals surface area contributed by atoms with E-state index in [4.69, 9.17) is 4.74 Å². The SMILES string of the molecule is CCOCCn1c(=O)c2c(nc3n(-c4cc(C)cc(C)c4)c(C)cn23)n(C)c1=O. The zero-order valence-corrected chi connectivity index (χ0v) is 17.4. The monoisotopic (exact) mass is 395 g/mol. The Labute approximate surface area is 167 Å². The van der Waals surface area contributed by atoms with E-state index in [0.717, 1.165) is 22.5 Å². The molecule has 4 aromatic rings. The largest absolute Gasteiger partial charge is 0.380 e. The molecule has 0 aliphatic rings. The van der Waals surface area contributed by atoms with Crippen molar-refractivity contribution in [2.75, 3.05) is 13.2 Å². The Bertz CT molecular complexity index is 1330. The van der Waals surface area contributed by atoms with Crippen molar-refractivity contribution in [2.45, 2.75) is 34.2 Å². The molecule has 0 saturated heterocycles. The first-order chi connectivity index (χ1) is 13.8. The fourth-order valence-corrected chi connectivity index (χ4v) is 3.91. The summed E-state index contributed by atoms with van der Waals surface area (Å²) in [6, 6.07) is 6.28. The van der Waals surface area contributed by atoms with Crippen molar-refractivity contribution in [3.63, 3.8) is 0 Å². The van der Waals surface area contributed by atoms with E-state index in [9.17, 15) is 9.59 Å². The molecule has 8 nitrogen and oxygen atoms in total. The molecule has 0 fully saturated rings. The molecule has 0 aliphatic carbocycles. The summed E-state index contributed by atoms with van der Waals surface area (Å²) < 4.78 is 11.8. The van der Waals surface area contributed by atoms with E-state index >= 15 is 0 Å². The first-order valence-electron chi connectivity index (χ1n) is 9.69. The molecule has 0 atom stereocenters. The molecular weight excluding hydrogens is 370 g/mol. The molecule has 4 rings (SSSR count). The third-order valence-corrected chi connectivity index (χ3v) is 5.15. The quantitative estimate of drug-likeness (QED) is 0.485. The van der Waals surface area contributed by atoms with Crippen molar-refractivity contribution in [3.8, 4) is 5.69 Å². The van der Waals surface area contributed by atoms with Crippen LogP contribution in [0.15, 0.2) is 34.0 Å². The van der Waals surface area contributed by atoms with Gasteiger partial charge in [-0.15, -0.1) is 0 Å². The Morgan fingerprint density at radius 3 is 2.41 bits per heavy atom. The predicted octanol–water partition coefficient (Wildman–Crippen LogP) is 2.10. The van der Waals surface area contributed by atoms with Crippen molar-refractivity contribution >= 4 is 16.9 Å². The average molecular weight is 395 g/mol. The number of imidazole rings is 2. The molecule has 0 radical (unpaired) electrons. The van der Waals surface area contributed by atoms with Gasteiger partial charge in [0.05, 0.1) is 13.2 Å². The first kappa shape index (κ1) is 19.2. The van der Waals surface area contributed by atoms with Crippen LogP contribution >= 0.6 is 0 Å². The highest BCUT2D eigenvalue weighted by Crippen LogP contribution is 2.22. The maximum absolute atomic E-state index is 13.2. The summed E-state index contributed by atoms with van der Waals surface area (Å²) in [5.41, 5.74) is 4.25. The smallest absolute Gasteiger partial charge is 0.332 e. The van der Waals surface area contributed by atoms with E-state index < -0.39 is 5.69 Å². The maximum atomic E-state index is 13.2. The molecule has 3 heterocycles. The number of hydrogen-bond acceptors (Lipinski definition) is 4. The van der Waals surface area contributed by atoms with Crippen molar-refractivity contribution in [1.82, 2.24) is 23.1 Å².